The minimum absolute atomic E-state index is 0.149. The fourth-order valence-electron chi connectivity index (χ4n) is 3.43. The number of anilines is 1. The molecule has 0 saturated heterocycles. The van der Waals surface area contributed by atoms with Crippen molar-refractivity contribution in [3.63, 3.8) is 0 Å². The van der Waals surface area contributed by atoms with E-state index >= 15 is 0 Å². The lowest BCUT2D eigenvalue weighted by atomic mass is 10.0. The van der Waals surface area contributed by atoms with Gasteiger partial charge >= 0.3 is 0 Å². The summed E-state index contributed by atoms with van der Waals surface area (Å²) >= 11 is 5.16. The van der Waals surface area contributed by atoms with E-state index in [9.17, 15) is 4.79 Å². The number of halogens is 1. The van der Waals surface area contributed by atoms with Crippen LogP contribution in [0.4, 0.5) is 5.69 Å². The molecule has 1 N–H and O–H groups in total. The Bertz CT molecular complexity index is 1340. The lowest BCUT2D eigenvalue weighted by molar-refractivity contribution is 0.102. The lowest BCUT2D eigenvalue weighted by Gasteiger charge is -2.11. The van der Waals surface area contributed by atoms with Gasteiger partial charge in [-0.1, -0.05) is 70.5 Å². The molecule has 150 valence electrons. The average Bonchev–Trinajstić information content (AvgIpc) is 3.25. The molecule has 3 nitrogen and oxygen atoms in total. The van der Waals surface area contributed by atoms with Gasteiger partial charge in [0.25, 0.3) is 5.91 Å². The van der Waals surface area contributed by atoms with Crippen LogP contribution in [0.5, 0.6) is 0 Å². The van der Waals surface area contributed by atoms with E-state index in [1.165, 1.54) is 0 Å². The molecule has 4 aromatic carbocycles. The standard InChI is InChI=1S/C26H17BrN2OS/c27-20-14-15-22(21(16-20)26-29-23-8-4-5-9-24(23)31-26)28-25(30)19-12-10-18(11-13-19)17-6-2-1-3-7-17/h1-16H,(H,28,30). The van der Waals surface area contributed by atoms with Gasteiger partial charge in [0.1, 0.15) is 5.01 Å². The summed E-state index contributed by atoms with van der Waals surface area (Å²) in [6, 6.07) is 31.6. The number of carbonyl (C=O) groups excluding carboxylic acids is 1. The van der Waals surface area contributed by atoms with Gasteiger partial charge in [-0.3, -0.25) is 4.79 Å². The first-order valence-corrected chi connectivity index (χ1v) is 11.4. The van der Waals surface area contributed by atoms with Crippen molar-refractivity contribution in [2.45, 2.75) is 0 Å². The summed E-state index contributed by atoms with van der Waals surface area (Å²) in [7, 11) is 0. The Morgan fingerprint density at radius 2 is 1.52 bits per heavy atom. The maximum atomic E-state index is 13.0. The van der Waals surface area contributed by atoms with Crippen LogP contribution >= 0.6 is 27.3 Å². The number of nitrogens with one attached hydrogen (secondary N) is 1. The molecule has 1 amide bonds. The van der Waals surface area contributed by atoms with Crippen molar-refractivity contribution in [3.8, 4) is 21.7 Å². The van der Waals surface area contributed by atoms with E-state index < -0.39 is 0 Å². The number of thiazole rings is 1. The lowest BCUT2D eigenvalue weighted by Crippen LogP contribution is -2.12. The summed E-state index contributed by atoms with van der Waals surface area (Å²) in [5.74, 6) is -0.149. The maximum absolute atomic E-state index is 13.0. The Hall–Kier alpha value is -3.28. The third-order valence-electron chi connectivity index (χ3n) is 5.01. The van der Waals surface area contributed by atoms with E-state index in [1.807, 2.05) is 78.9 Å². The largest absolute Gasteiger partial charge is 0.321 e. The summed E-state index contributed by atoms with van der Waals surface area (Å²) in [5.41, 5.74) is 5.40. The van der Waals surface area contributed by atoms with Gasteiger partial charge in [0.05, 0.1) is 15.9 Å². The van der Waals surface area contributed by atoms with Crippen LogP contribution < -0.4 is 5.32 Å². The number of aromatic nitrogens is 1. The fourth-order valence-corrected chi connectivity index (χ4v) is 4.79. The summed E-state index contributed by atoms with van der Waals surface area (Å²) in [4.78, 5) is 17.7. The van der Waals surface area contributed by atoms with E-state index in [1.54, 1.807) is 11.3 Å². The van der Waals surface area contributed by atoms with Crippen molar-refractivity contribution in [2.75, 3.05) is 5.32 Å². The molecule has 5 heteroatoms. The second kappa shape index (κ2) is 8.46. The van der Waals surface area contributed by atoms with Crippen molar-refractivity contribution in [2.24, 2.45) is 0 Å². The van der Waals surface area contributed by atoms with Crippen molar-refractivity contribution in [3.05, 3.63) is 107 Å². The van der Waals surface area contributed by atoms with Gasteiger partial charge in [0.2, 0.25) is 0 Å². The van der Waals surface area contributed by atoms with Crippen LogP contribution in [0.1, 0.15) is 10.4 Å². The van der Waals surface area contributed by atoms with Crippen LogP contribution in [0.15, 0.2) is 102 Å². The van der Waals surface area contributed by atoms with Crippen molar-refractivity contribution >= 4 is 49.1 Å². The molecule has 0 bridgehead atoms. The molecule has 0 radical (unpaired) electrons. The van der Waals surface area contributed by atoms with Crippen LogP contribution in [0.2, 0.25) is 0 Å². The molecular weight excluding hydrogens is 468 g/mol. The maximum Gasteiger partial charge on any atom is 0.255 e. The average molecular weight is 485 g/mol. The highest BCUT2D eigenvalue weighted by Gasteiger charge is 2.14. The third kappa shape index (κ3) is 4.15. The van der Waals surface area contributed by atoms with Crippen molar-refractivity contribution in [1.82, 2.24) is 4.98 Å². The normalized spacial score (nSPS) is 10.9. The quantitative estimate of drug-likeness (QED) is 0.284. The molecule has 0 spiro atoms. The van der Waals surface area contributed by atoms with Crippen LogP contribution in [-0.4, -0.2) is 10.9 Å². The number of fused-ring (bicyclic) bond motifs is 1. The molecule has 5 rings (SSSR count). The number of rotatable bonds is 4. The Labute approximate surface area is 192 Å². The van der Waals surface area contributed by atoms with Gasteiger partial charge in [0, 0.05) is 15.6 Å². The zero-order valence-electron chi connectivity index (χ0n) is 16.4. The molecule has 5 aromatic rings. The van der Waals surface area contributed by atoms with Gasteiger partial charge in [-0.25, -0.2) is 4.98 Å². The topological polar surface area (TPSA) is 42.0 Å². The minimum atomic E-state index is -0.149. The fraction of sp³-hybridized carbons (Fsp3) is 0. The number of nitrogens with zero attached hydrogens (tertiary/aromatic N) is 1. The van der Waals surface area contributed by atoms with E-state index in [0.717, 1.165) is 42.1 Å². The van der Waals surface area contributed by atoms with Gasteiger partial charge in [0.15, 0.2) is 0 Å². The summed E-state index contributed by atoms with van der Waals surface area (Å²) in [5, 5.41) is 3.94. The smallest absolute Gasteiger partial charge is 0.255 e. The van der Waals surface area contributed by atoms with Gasteiger partial charge < -0.3 is 5.32 Å². The number of hydrogen-bond donors (Lipinski definition) is 1. The summed E-state index contributed by atoms with van der Waals surface area (Å²) < 4.78 is 2.05. The molecule has 1 heterocycles. The second-order valence-corrected chi connectivity index (χ2v) is 9.02. The Balaban J connectivity index is 1.44. The molecule has 0 unspecified atom stereocenters. The first kappa shape index (κ1) is 19.7. The molecule has 0 atom stereocenters. The molecule has 31 heavy (non-hydrogen) atoms. The predicted octanol–water partition coefficient (Wildman–Crippen LogP) is 7.65. The summed E-state index contributed by atoms with van der Waals surface area (Å²) in [6.45, 7) is 0. The number of para-hydroxylation sites is 1. The van der Waals surface area contributed by atoms with Crippen LogP contribution in [0.25, 0.3) is 31.9 Å². The minimum Gasteiger partial charge on any atom is -0.321 e. The molecule has 0 aliphatic rings. The molecule has 0 saturated carbocycles. The second-order valence-electron chi connectivity index (χ2n) is 7.07. The summed E-state index contributed by atoms with van der Waals surface area (Å²) in [6.07, 6.45) is 0. The van der Waals surface area contributed by atoms with Crippen LogP contribution in [-0.2, 0) is 0 Å². The zero-order valence-corrected chi connectivity index (χ0v) is 18.8. The van der Waals surface area contributed by atoms with Gasteiger partial charge in [-0.2, -0.15) is 0 Å². The number of carbonyl (C=O) groups is 1. The molecular formula is C26H17BrN2OS. The molecule has 0 fully saturated rings. The van der Waals surface area contributed by atoms with E-state index in [4.69, 9.17) is 4.98 Å². The molecule has 0 aliphatic heterocycles. The zero-order chi connectivity index (χ0) is 21.2. The first-order chi connectivity index (χ1) is 15.2. The number of amides is 1. The van der Waals surface area contributed by atoms with Gasteiger partial charge in [-0.15, -0.1) is 11.3 Å². The van der Waals surface area contributed by atoms with Crippen LogP contribution in [0, 0.1) is 0 Å². The molecule has 0 aliphatic carbocycles. The van der Waals surface area contributed by atoms with E-state index in [-0.39, 0.29) is 5.91 Å². The number of hydrogen-bond acceptors (Lipinski definition) is 3. The Morgan fingerprint density at radius 3 is 2.29 bits per heavy atom. The highest BCUT2D eigenvalue weighted by molar-refractivity contribution is 9.10. The highest BCUT2D eigenvalue weighted by Crippen LogP contribution is 2.36. The van der Waals surface area contributed by atoms with E-state index in [2.05, 4.69) is 39.4 Å². The predicted molar refractivity (Wildman–Crippen MR) is 133 cm³/mol. The highest BCUT2D eigenvalue weighted by atomic mass is 79.9. The third-order valence-corrected chi connectivity index (χ3v) is 6.57. The van der Waals surface area contributed by atoms with E-state index in [0.29, 0.717) is 5.56 Å². The SMILES string of the molecule is O=C(Nc1ccc(Br)cc1-c1nc2ccccc2s1)c1ccc(-c2ccccc2)cc1. The first-order valence-electron chi connectivity index (χ1n) is 9.80. The monoisotopic (exact) mass is 484 g/mol. The van der Waals surface area contributed by atoms with Crippen molar-refractivity contribution < 1.29 is 4.79 Å². The van der Waals surface area contributed by atoms with Crippen molar-refractivity contribution in [1.29, 1.82) is 0 Å². The Kier molecular flexibility index (Phi) is 5.37. The van der Waals surface area contributed by atoms with Gasteiger partial charge in [-0.05, 0) is 53.6 Å². The number of benzene rings is 4. The van der Waals surface area contributed by atoms with Crippen LogP contribution in [0.3, 0.4) is 0 Å². The Morgan fingerprint density at radius 1 is 0.806 bits per heavy atom. The molecule has 1 aromatic heterocycles.